The van der Waals surface area contributed by atoms with Crippen LogP contribution in [0.3, 0.4) is 0 Å². The quantitative estimate of drug-likeness (QED) is 0.536. The number of carbonyl (C=O) groups is 1. The van der Waals surface area contributed by atoms with E-state index in [-0.39, 0.29) is 6.03 Å². The average molecular weight is 356 g/mol. The van der Waals surface area contributed by atoms with Crippen molar-refractivity contribution < 1.29 is 9.21 Å². The van der Waals surface area contributed by atoms with E-state index in [9.17, 15) is 4.79 Å². The lowest BCUT2D eigenvalue weighted by Crippen LogP contribution is -2.19. The zero-order valence-electron chi connectivity index (χ0n) is 14.3. The molecule has 0 bridgehead atoms. The molecule has 0 spiro atoms. The Morgan fingerprint density at radius 3 is 1.96 bits per heavy atom. The molecule has 4 aromatic rings. The standard InChI is InChI=1S/C21H16N4O2/c26-21(22-17-11-5-2-6-12-17)23-18-13-7-10-16(14-18)20-25-24-19(27-20)15-8-3-1-4-9-15/h1-14H,(H2,22,23,26). The van der Waals surface area contributed by atoms with E-state index in [0.717, 1.165) is 16.8 Å². The van der Waals surface area contributed by atoms with Gasteiger partial charge in [-0.25, -0.2) is 4.79 Å². The van der Waals surface area contributed by atoms with Crippen LogP contribution in [0, 0.1) is 0 Å². The van der Waals surface area contributed by atoms with Crippen LogP contribution in [0.25, 0.3) is 22.9 Å². The van der Waals surface area contributed by atoms with Crippen molar-refractivity contribution in [3.8, 4) is 22.9 Å². The molecule has 2 amide bonds. The van der Waals surface area contributed by atoms with Crippen LogP contribution in [-0.2, 0) is 0 Å². The number of nitrogens with zero attached hydrogens (tertiary/aromatic N) is 2. The van der Waals surface area contributed by atoms with Gasteiger partial charge in [-0.1, -0.05) is 42.5 Å². The van der Waals surface area contributed by atoms with Gasteiger partial charge in [0, 0.05) is 22.5 Å². The molecule has 2 N–H and O–H groups in total. The topological polar surface area (TPSA) is 80.0 Å². The van der Waals surface area contributed by atoms with E-state index < -0.39 is 0 Å². The SMILES string of the molecule is O=C(Nc1ccccc1)Nc1cccc(-c2nnc(-c3ccccc3)o2)c1. The summed E-state index contributed by atoms with van der Waals surface area (Å²) in [5.41, 5.74) is 2.92. The molecule has 27 heavy (non-hydrogen) atoms. The summed E-state index contributed by atoms with van der Waals surface area (Å²) in [6.45, 7) is 0. The summed E-state index contributed by atoms with van der Waals surface area (Å²) >= 11 is 0. The third-order valence-corrected chi connectivity index (χ3v) is 3.84. The summed E-state index contributed by atoms with van der Waals surface area (Å²) < 4.78 is 5.76. The van der Waals surface area contributed by atoms with Crippen molar-refractivity contribution in [2.45, 2.75) is 0 Å². The molecule has 4 rings (SSSR count). The first kappa shape index (κ1) is 16.5. The molecule has 0 saturated heterocycles. The number of rotatable bonds is 4. The van der Waals surface area contributed by atoms with Crippen LogP contribution in [0.15, 0.2) is 89.3 Å². The van der Waals surface area contributed by atoms with Crippen LogP contribution in [0.1, 0.15) is 0 Å². The zero-order chi connectivity index (χ0) is 18.5. The van der Waals surface area contributed by atoms with Crippen LogP contribution in [-0.4, -0.2) is 16.2 Å². The first-order chi connectivity index (χ1) is 13.3. The van der Waals surface area contributed by atoms with Crippen LogP contribution in [0.5, 0.6) is 0 Å². The zero-order valence-corrected chi connectivity index (χ0v) is 14.3. The number of aromatic nitrogens is 2. The monoisotopic (exact) mass is 356 g/mol. The second kappa shape index (κ2) is 7.53. The number of hydrogen-bond donors (Lipinski definition) is 2. The van der Waals surface area contributed by atoms with Gasteiger partial charge in [0.05, 0.1) is 0 Å². The highest BCUT2D eigenvalue weighted by Gasteiger charge is 2.11. The van der Waals surface area contributed by atoms with E-state index >= 15 is 0 Å². The third kappa shape index (κ3) is 4.01. The fraction of sp³-hybridized carbons (Fsp3) is 0. The minimum absolute atomic E-state index is 0.325. The predicted molar refractivity (Wildman–Crippen MR) is 104 cm³/mol. The van der Waals surface area contributed by atoms with Gasteiger partial charge >= 0.3 is 6.03 Å². The van der Waals surface area contributed by atoms with Crippen LogP contribution >= 0.6 is 0 Å². The molecule has 1 heterocycles. The normalized spacial score (nSPS) is 10.4. The predicted octanol–water partition coefficient (Wildman–Crippen LogP) is 5.05. The highest BCUT2D eigenvalue weighted by atomic mass is 16.4. The smallest absolute Gasteiger partial charge is 0.323 e. The second-order valence-electron chi connectivity index (χ2n) is 5.80. The number of benzene rings is 3. The molecule has 0 aliphatic rings. The maximum atomic E-state index is 12.1. The largest absolute Gasteiger partial charge is 0.416 e. The average Bonchev–Trinajstić information content (AvgIpc) is 3.20. The summed E-state index contributed by atoms with van der Waals surface area (Å²) in [6, 6.07) is 25.7. The molecule has 132 valence electrons. The molecule has 6 nitrogen and oxygen atoms in total. The van der Waals surface area contributed by atoms with Crippen molar-refractivity contribution in [3.63, 3.8) is 0 Å². The first-order valence-corrected chi connectivity index (χ1v) is 8.40. The Bertz CT molecular complexity index is 1050. The van der Waals surface area contributed by atoms with Gasteiger partial charge in [-0.2, -0.15) is 0 Å². The molecular weight excluding hydrogens is 340 g/mol. The summed E-state index contributed by atoms with van der Waals surface area (Å²) in [5, 5.41) is 13.8. The summed E-state index contributed by atoms with van der Waals surface area (Å²) in [7, 11) is 0. The van der Waals surface area contributed by atoms with E-state index in [0.29, 0.717) is 17.5 Å². The van der Waals surface area contributed by atoms with Crippen molar-refractivity contribution in [1.29, 1.82) is 0 Å². The van der Waals surface area contributed by atoms with E-state index in [1.807, 2.05) is 72.8 Å². The Labute approximate surface area is 155 Å². The molecule has 0 radical (unpaired) electrons. The molecule has 0 saturated carbocycles. The maximum absolute atomic E-state index is 12.1. The summed E-state index contributed by atoms with van der Waals surface area (Å²) in [5.74, 6) is 0.840. The van der Waals surface area contributed by atoms with E-state index in [2.05, 4.69) is 20.8 Å². The maximum Gasteiger partial charge on any atom is 0.323 e. The Morgan fingerprint density at radius 1 is 0.667 bits per heavy atom. The molecule has 6 heteroatoms. The van der Waals surface area contributed by atoms with Gasteiger partial charge in [0.25, 0.3) is 0 Å². The summed E-state index contributed by atoms with van der Waals surface area (Å²) in [4.78, 5) is 12.1. The van der Waals surface area contributed by atoms with Crippen molar-refractivity contribution in [2.75, 3.05) is 10.6 Å². The number of carbonyl (C=O) groups excluding carboxylic acids is 1. The Balaban J connectivity index is 1.49. The third-order valence-electron chi connectivity index (χ3n) is 3.84. The number of nitrogens with one attached hydrogen (secondary N) is 2. The van der Waals surface area contributed by atoms with Crippen molar-refractivity contribution in [2.24, 2.45) is 0 Å². The fourth-order valence-corrected chi connectivity index (χ4v) is 2.58. The van der Waals surface area contributed by atoms with Gasteiger partial charge in [0.15, 0.2) is 0 Å². The Kier molecular flexibility index (Phi) is 4.61. The van der Waals surface area contributed by atoms with Gasteiger partial charge < -0.3 is 15.1 Å². The molecule has 1 aromatic heterocycles. The van der Waals surface area contributed by atoms with Gasteiger partial charge in [0.1, 0.15) is 0 Å². The number of hydrogen-bond acceptors (Lipinski definition) is 4. The van der Waals surface area contributed by atoms with Crippen LogP contribution in [0.4, 0.5) is 16.2 Å². The summed E-state index contributed by atoms with van der Waals surface area (Å²) in [6.07, 6.45) is 0. The van der Waals surface area contributed by atoms with Gasteiger partial charge in [-0.05, 0) is 42.5 Å². The molecule has 0 unspecified atom stereocenters. The molecule has 0 aliphatic heterocycles. The number of para-hydroxylation sites is 1. The first-order valence-electron chi connectivity index (χ1n) is 8.40. The molecular formula is C21H16N4O2. The Hall–Kier alpha value is -3.93. The van der Waals surface area contributed by atoms with Crippen molar-refractivity contribution in [1.82, 2.24) is 10.2 Å². The van der Waals surface area contributed by atoms with Gasteiger partial charge in [-0.15, -0.1) is 10.2 Å². The van der Waals surface area contributed by atoms with Crippen LogP contribution in [0.2, 0.25) is 0 Å². The van der Waals surface area contributed by atoms with E-state index in [1.165, 1.54) is 0 Å². The van der Waals surface area contributed by atoms with Crippen LogP contribution < -0.4 is 10.6 Å². The highest BCUT2D eigenvalue weighted by Crippen LogP contribution is 2.25. The Morgan fingerprint density at radius 2 is 1.22 bits per heavy atom. The minimum atomic E-state index is -0.325. The van der Waals surface area contributed by atoms with E-state index in [1.54, 1.807) is 12.1 Å². The number of urea groups is 1. The van der Waals surface area contributed by atoms with E-state index in [4.69, 9.17) is 4.42 Å². The lowest BCUT2D eigenvalue weighted by Gasteiger charge is -2.08. The molecule has 0 fully saturated rings. The second-order valence-corrected chi connectivity index (χ2v) is 5.80. The lowest BCUT2D eigenvalue weighted by atomic mass is 10.2. The van der Waals surface area contributed by atoms with Gasteiger partial charge in [-0.3, -0.25) is 0 Å². The number of amides is 2. The number of anilines is 2. The molecule has 3 aromatic carbocycles. The van der Waals surface area contributed by atoms with Crippen molar-refractivity contribution >= 4 is 17.4 Å². The molecule has 0 atom stereocenters. The molecule has 0 aliphatic carbocycles. The van der Waals surface area contributed by atoms with Crippen molar-refractivity contribution in [3.05, 3.63) is 84.9 Å². The highest BCUT2D eigenvalue weighted by molar-refractivity contribution is 6.00. The van der Waals surface area contributed by atoms with Gasteiger partial charge in [0.2, 0.25) is 11.8 Å². The minimum Gasteiger partial charge on any atom is -0.416 e. The fourth-order valence-electron chi connectivity index (χ4n) is 2.58. The lowest BCUT2D eigenvalue weighted by molar-refractivity contribution is 0.262.